The molecule has 79 heavy (non-hydrogen) atoms. The number of hydrogen-bond donors (Lipinski definition) is 2. The molecule has 0 saturated carbocycles. The number of rotatable bonds is 6. The first kappa shape index (κ1) is 59.0. The molecule has 0 radical (unpaired) electrons. The van der Waals surface area contributed by atoms with Gasteiger partial charge in [0, 0.05) is 60.5 Å². The van der Waals surface area contributed by atoms with E-state index in [1.165, 1.54) is 55.8 Å². The minimum Gasteiger partial charge on any atom is -0.313 e. The van der Waals surface area contributed by atoms with E-state index >= 15 is 0 Å². The largest absolute Gasteiger partial charge is 0.313 e. The summed E-state index contributed by atoms with van der Waals surface area (Å²) in [6.45, 7) is 0. The predicted molar refractivity (Wildman–Crippen MR) is 336 cm³/mol. The van der Waals surface area contributed by atoms with Gasteiger partial charge in [0.1, 0.15) is 0 Å². The number of benzene rings is 8. The van der Waals surface area contributed by atoms with Gasteiger partial charge in [-0.3, -0.25) is 9.79 Å². The minimum absolute atomic E-state index is 0.226. The Kier molecular flexibility index (Phi) is 20.5. The summed E-state index contributed by atoms with van der Waals surface area (Å²) in [5.74, 6) is 1.64. The number of carbonyl (C=O) groups is 1. The third-order valence-corrected chi connectivity index (χ3v) is 18.9. The number of aliphatic imine (C=N–C) groups is 1. The van der Waals surface area contributed by atoms with Crippen molar-refractivity contribution < 1.29 is 4.79 Å². The molecule has 8 aromatic rings. The Bertz CT molecular complexity index is 3380. The average molecular weight is 1210 g/mol. The maximum atomic E-state index is 11.9. The van der Waals surface area contributed by atoms with Gasteiger partial charge in [0.2, 0.25) is 0 Å². The fourth-order valence-corrected chi connectivity index (χ4v) is 13.2. The van der Waals surface area contributed by atoms with E-state index in [4.69, 9.17) is 92.8 Å². The van der Waals surface area contributed by atoms with Crippen LogP contribution in [0.1, 0.15) is 159 Å². The molecule has 12 rings (SSSR count). The summed E-state index contributed by atoms with van der Waals surface area (Å²) in [7, 11) is 5.92. The van der Waals surface area contributed by atoms with Crippen molar-refractivity contribution in [3.8, 4) is 0 Å². The molecule has 0 aliphatic heterocycles. The SMILES string of the molecule is CN=C1CCC(c2ccc(Cl)c(Cl)c2)c2ccccc21.CN[C@H]1CC[C@@H](c2ccc(Cl)c(Cl)c2)c2ccccc21.CN[C@H]1CC[C@H](c2ccc(Cl)c(Cl)c2)c2ccccc21.O=C1CCC(c2ccc(Cl)c(Cl)c2)c2ccccc21. The number of halogens is 8. The summed E-state index contributed by atoms with van der Waals surface area (Å²) in [6, 6.07) is 58.2. The Morgan fingerprint density at radius 1 is 0.354 bits per heavy atom. The van der Waals surface area contributed by atoms with Crippen molar-refractivity contribution in [1.82, 2.24) is 10.6 Å². The summed E-state index contributed by atoms with van der Waals surface area (Å²) < 4.78 is 0. The quantitative estimate of drug-likeness (QED) is 0.174. The number of Topliss-reactive ketones (excluding diaryl/α,β-unsaturated/α-hetero) is 1. The van der Waals surface area contributed by atoms with Crippen molar-refractivity contribution in [3.05, 3.63) is 277 Å². The summed E-state index contributed by atoms with van der Waals surface area (Å²) >= 11 is 48.6. The van der Waals surface area contributed by atoms with Crippen molar-refractivity contribution in [2.45, 2.75) is 87.1 Å². The highest BCUT2D eigenvalue weighted by atomic mass is 35.5. The summed E-state index contributed by atoms with van der Waals surface area (Å²) in [5, 5.41) is 11.7. The van der Waals surface area contributed by atoms with Crippen LogP contribution in [0.3, 0.4) is 0 Å². The van der Waals surface area contributed by atoms with Crippen molar-refractivity contribution in [2.24, 2.45) is 4.99 Å². The van der Waals surface area contributed by atoms with Crippen LogP contribution >= 0.6 is 92.8 Å². The highest BCUT2D eigenvalue weighted by molar-refractivity contribution is 6.43. The maximum Gasteiger partial charge on any atom is 0.163 e. The fraction of sp³-hybridized carbons (Fsp3) is 0.254. The highest BCUT2D eigenvalue weighted by Gasteiger charge is 2.30. The third-order valence-electron chi connectivity index (χ3n) is 15.9. The summed E-state index contributed by atoms with van der Waals surface area (Å²) in [4.78, 5) is 16.4. The topological polar surface area (TPSA) is 53.5 Å². The van der Waals surface area contributed by atoms with E-state index in [1.807, 2.05) is 100 Å². The zero-order valence-electron chi connectivity index (χ0n) is 44.2. The van der Waals surface area contributed by atoms with Crippen LogP contribution in [-0.2, 0) is 0 Å². The molecule has 4 aliphatic rings. The lowest BCUT2D eigenvalue weighted by atomic mass is 9.77. The van der Waals surface area contributed by atoms with E-state index in [1.54, 1.807) is 0 Å². The standard InChI is InChI=1S/2C17H17Cl2N.C17H15Cl2N.C16H12Cl2O/c3*1-20-17-9-7-12(13-4-2-3-5-14(13)17)11-6-8-15(18)16(19)10-11;17-14-7-5-10(9-15(14)18)11-6-8-16(19)13-4-2-1-3-12(11)13/h2*2-6,8,10,12,17,20H,7,9H2,1H3;2-6,8,10,12H,7,9H2,1H3;1-5,7,9,11H,6,8H2/t12-,17+;12-,17-;;/m10../s1. The second-order valence-electron chi connectivity index (χ2n) is 20.3. The molecule has 8 aromatic carbocycles. The van der Waals surface area contributed by atoms with E-state index in [0.29, 0.717) is 76.4 Å². The minimum atomic E-state index is 0.226. The highest BCUT2D eigenvalue weighted by Crippen LogP contribution is 2.45. The molecule has 406 valence electrons. The van der Waals surface area contributed by atoms with Crippen LogP contribution in [0.4, 0.5) is 0 Å². The molecule has 0 heterocycles. The number of nitrogens with zero attached hydrogens (tertiary/aromatic N) is 1. The second kappa shape index (κ2) is 27.4. The average Bonchev–Trinajstić information content (AvgIpc) is 3.52. The van der Waals surface area contributed by atoms with E-state index in [0.717, 1.165) is 61.6 Å². The predicted octanol–water partition coefficient (Wildman–Crippen LogP) is 20.8. The lowest BCUT2D eigenvalue weighted by Crippen LogP contribution is -2.24. The van der Waals surface area contributed by atoms with E-state index in [2.05, 4.69) is 107 Å². The molecule has 0 bridgehead atoms. The van der Waals surface area contributed by atoms with Gasteiger partial charge in [-0.1, -0.05) is 214 Å². The normalized spacial score (nSPS) is 20.3. The molecule has 12 heteroatoms. The maximum absolute atomic E-state index is 11.9. The zero-order valence-corrected chi connectivity index (χ0v) is 50.2. The lowest BCUT2D eigenvalue weighted by Gasteiger charge is -2.32. The Labute approximate surface area is 505 Å². The molecule has 0 saturated heterocycles. The van der Waals surface area contributed by atoms with E-state index in [-0.39, 0.29) is 11.7 Å². The van der Waals surface area contributed by atoms with Crippen molar-refractivity contribution in [3.63, 3.8) is 0 Å². The summed E-state index contributed by atoms with van der Waals surface area (Å²) in [5.41, 5.74) is 16.2. The van der Waals surface area contributed by atoms with Crippen molar-refractivity contribution in [1.29, 1.82) is 0 Å². The van der Waals surface area contributed by atoms with Crippen LogP contribution in [0, 0.1) is 0 Å². The molecule has 0 amide bonds. The first-order valence-corrected chi connectivity index (χ1v) is 29.8. The molecule has 2 N–H and O–H groups in total. The second-order valence-corrected chi connectivity index (χ2v) is 23.6. The van der Waals surface area contributed by atoms with Gasteiger partial charge >= 0.3 is 0 Å². The number of carbonyl (C=O) groups excluding carboxylic acids is 1. The Morgan fingerprint density at radius 2 is 0.671 bits per heavy atom. The van der Waals surface area contributed by atoms with E-state index in [9.17, 15) is 4.79 Å². The smallest absolute Gasteiger partial charge is 0.163 e. The van der Waals surface area contributed by atoms with Gasteiger partial charge in [0.25, 0.3) is 0 Å². The molecular formula is C67H61Cl8N3O. The van der Waals surface area contributed by atoms with Gasteiger partial charge in [-0.25, -0.2) is 0 Å². The molecule has 6 atom stereocenters. The molecule has 4 aliphatic carbocycles. The number of ketones is 1. The molecule has 4 nitrogen and oxygen atoms in total. The number of nitrogens with one attached hydrogen (secondary N) is 2. The van der Waals surface area contributed by atoms with Crippen LogP contribution in [0.5, 0.6) is 0 Å². The van der Waals surface area contributed by atoms with Gasteiger partial charge in [-0.05, 0) is 169 Å². The van der Waals surface area contributed by atoms with Crippen LogP contribution in [-0.4, -0.2) is 32.6 Å². The Balaban J connectivity index is 0.000000128. The van der Waals surface area contributed by atoms with Crippen LogP contribution in [0.25, 0.3) is 0 Å². The fourth-order valence-electron chi connectivity index (χ4n) is 12.0. The van der Waals surface area contributed by atoms with Crippen LogP contribution in [0.2, 0.25) is 40.2 Å². The molecule has 0 aromatic heterocycles. The monoisotopic (exact) mass is 1200 g/mol. The molecule has 2 unspecified atom stereocenters. The lowest BCUT2D eigenvalue weighted by molar-refractivity contribution is 0.0969. The van der Waals surface area contributed by atoms with Crippen molar-refractivity contribution >= 4 is 104 Å². The molecule has 0 spiro atoms. The third kappa shape index (κ3) is 13.7. The first-order valence-electron chi connectivity index (χ1n) is 26.8. The van der Waals surface area contributed by atoms with E-state index < -0.39 is 0 Å². The number of fused-ring (bicyclic) bond motifs is 4. The van der Waals surface area contributed by atoms with Gasteiger partial charge in [-0.15, -0.1) is 0 Å². The molecular weight excluding hydrogens is 1150 g/mol. The van der Waals surface area contributed by atoms with Crippen molar-refractivity contribution in [2.75, 3.05) is 21.1 Å². The Morgan fingerprint density at radius 3 is 1.04 bits per heavy atom. The van der Waals surface area contributed by atoms with Crippen LogP contribution < -0.4 is 10.6 Å². The van der Waals surface area contributed by atoms with Crippen LogP contribution in [0.15, 0.2) is 175 Å². The Hall–Kier alpha value is -4.66. The van der Waals surface area contributed by atoms with Gasteiger partial charge in [-0.2, -0.15) is 0 Å². The summed E-state index contributed by atoms with van der Waals surface area (Å²) in [6.07, 6.45) is 7.99. The molecule has 0 fully saturated rings. The first-order chi connectivity index (χ1) is 38.3. The van der Waals surface area contributed by atoms with Gasteiger partial charge in [0.15, 0.2) is 5.78 Å². The van der Waals surface area contributed by atoms with Gasteiger partial charge in [0.05, 0.1) is 40.2 Å². The zero-order chi connectivity index (χ0) is 55.7. The number of hydrogen-bond acceptors (Lipinski definition) is 4. The van der Waals surface area contributed by atoms with Gasteiger partial charge < -0.3 is 10.6 Å².